The van der Waals surface area contributed by atoms with E-state index in [0.717, 1.165) is 64.2 Å². The highest BCUT2D eigenvalue weighted by molar-refractivity contribution is 7.47. The minimum absolute atomic E-state index is 0.00778. The van der Waals surface area contributed by atoms with E-state index in [1.807, 2.05) is 0 Å². The van der Waals surface area contributed by atoms with Crippen molar-refractivity contribution in [3.8, 4) is 0 Å². The smallest absolute Gasteiger partial charge is 0.472 e. The van der Waals surface area contributed by atoms with Crippen LogP contribution in [0, 0.1) is 0 Å². The summed E-state index contributed by atoms with van der Waals surface area (Å²) in [6, 6.07) is -1.48. The maximum atomic E-state index is 12.6. The summed E-state index contributed by atoms with van der Waals surface area (Å²) in [5, 5.41) is 8.89. The predicted molar refractivity (Wildman–Crippen MR) is 226 cm³/mol. The highest BCUT2D eigenvalue weighted by Gasteiger charge is 2.27. The molecule has 0 heterocycles. The van der Waals surface area contributed by atoms with Gasteiger partial charge in [0.25, 0.3) is 0 Å². The summed E-state index contributed by atoms with van der Waals surface area (Å²) < 4.78 is 33.3. The van der Waals surface area contributed by atoms with Crippen LogP contribution in [-0.2, 0) is 32.7 Å². The van der Waals surface area contributed by atoms with E-state index < -0.39 is 45.1 Å². The Hall–Kier alpha value is -1.81. The molecule has 0 aromatic rings. The van der Waals surface area contributed by atoms with E-state index in [1.165, 1.54) is 103 Å². The summed E-state index contributed by atoms with van der Waals surface area (Å²) in [5.41, 5.74) is 5.35. The van der Waals surface area contributed by atoms with E-state index in [4.69, 9.17) is 29.4 Å². The van der Waals surface area contributed by atoms with E-state index >= 15 is 0 Å². The molecule has 3 atom stereocenters. The van der Waals surface area contributed by atoms with Crippen LogP contribution in [0.1, 0.15) is 194 Å². The molecule has 3 unspecified atom stereocenters. The highest BCUT2D eigenvalue weighted by Crippen LogP contribution is 2.43. The number of unbranched alkanes of at least 4 members (excludes halogenated alkanes) is 22. The van der Waals surface area contributed by atoms with Crippen LogP contribution >= 0.6 is 7.82 Å². The summed E-state index contributed by atoms with van der Waals surface area (Å²) in [5.74, 6) is -1.79. The van der Waals surface area contributed by atoms with E-state index in [-0.39, 0.29) is 13.0 Å². The number of ether oxygens (including phenoxy) is 2. The molecule has 11 heteroatoms. The van der Waals surface area contributed by atoms with Gasteiger partial charge in [0.15, 0.2) is 0 Å². The normalized spacial score (nSPS) is 14.3. The Morgan fingerprint density at radius 3 is 1.51 bits per heavy atom. The number of carboxylic acids is 1. The first-order chi connectivity index (χ1) is 26.7. The van der Waals surface area contributed by atoms with Crippen molar-refractivity contribution >= 4 is 19.8 Å². The molecule has 0 aliphatic carbocycles. The Labute approximate surface area is 336 Å². The quantitative estimate of drug-likeness (QED) is 0.0235. The van der Waals surface area contributed by atoms with Crippen molar-refractivity contribution < 1.29 is 42.7 Å². The number of allylic oxidation sites excluding steroid dienone is 6. The molecule has 10 nitrogen and oxygen atoms in total. The van der Waals surface area contributed by atoms with Crippen molar-refractivity contribution in [2.45, 2.75) is 206 Å². The third-order valence-electron chi connectivity index (χ3n) is 9.39. The SMILES string of the molecule is CCCCCC/C=C\C/C=C\CCCCCCCC(=O)OC(COCCCCCCCC/C=C\CCCCCCCCC)COP(=O)(O)OCC(N)C(=O)O. The molecule has 0 spiro atoms. The Balaban J connectivity index is 4.27. The molecule has 0 bridgehead atoms. The maximum absolute atomic E-state index is 12.6. The molecule has 55 heavy (non-hydrogen) atoms. The fourth-order valence-electron chi connectivity index (χ4n) is 5.92. The van der Waals surface area contributed by atoms with E-state index in [9.17, 15) is 19.0 Å². The number of nitrogens with two attached hydrogens (primary N) is 1. The van der Waals surface area contributed by atoms with Gasteiger partial charge >= 0.3 is 19.8 Å². The minimum Gasteiger partial charge on any atom is -0.480 e. The number of rotatable bonds is 42. The number of carbonyl (C=O) groups excluding carboxylic acids is 1. The lowest BCUT2D eigenvalue weighted by molar-refractivity contribution is -0.154. The fourth-order valence-corrected chi connectivity index (χ4v) is 6.70. The standard InChI is InChI=1S/C44H82NO9P/c1-3-5-7-9-11-13-15-17-19-21-23-25-27-29-31-33-35-37-51-38-41(39-52-55(49,50)53-40-42(45)44(47)48)54-43(46)36-34-32-30-28-26-24-22-20-18-16-14-12-10-8-6-4-2/h14,16,19-22,41-42H,3-13,15,17-18,23-40,45H2,1-2H3,(H,47,48)(H,49,50)/b16-14-,21-19-,22-20-. The van der Waals surface area contributed by atoms with Crippen LogP contribution in [0.15, 0.2) is 36.5 Å². The molecule has 0 saturated carbocycles. The molecule has 0 aromatic carbocycles. The number of hydrogen-bond donors (Lipinski definition) is 3. The molecule has 0 aromatic heterocycles. The number of carbonyl (C=O) groups is 2. The molecular formula is C44H82NO9P. The lowest BCUT2D eigenvalue weighted by Gasteiger charge is -2.20. The largest absolute Gasteiger partial charge is 0.480 e. The topological polar surface area (TPSA) is 155 Å². The zero-order valence-electron chi connectivity index (χ0n) is 35.0. The zero-order chi connectivity index (χ0) is 40.5. The van der Waals surface area contributed by atoms with Crippen LogP contribution in [-0.4, -0.2) is 60.5 Å². The average Bonchev–Trinajstić information content (AvgIpc) is 3.16. The van der Waals surface area contributed by atoms with Crippen molar-refractivity contribution in [3.05, 3.63) is 36.5 Å². The predicted octanol–water partition coefficient (Wildman–Crippen LogP) is 12.1. The molecular weight excluding hydrogens is 717 g/mol. The van der Waals surface area contributed by atoms with Gasteiger partial charge in [0.05, 0.1) is 19.8 Å². The van der Waals surface area contributed by atoms with Crippen molar-refractivity contribution in [2.24, 2.45) is 5.73 Å². The Morgan fingerprint density at radius 2 is 1.00 bits per heavy atom. The van der Waals surface area contributed by atoms with Crippen LogP contribution in [0.5, 0.6) is 0 Å². The summed E-state index contributed by atoms with van der Waals surface area (Å²) in [6.45, 7) is 3.84. The number of phosphoric acid groups is 1. The number of esters is 1. The van der Waals surface area contributed by atoms with E-state index in [0.29, 0.717) is 13.0 Å². The van der Waals surface area contributed by atoms with E-state index in [1.54, 1.807) is 0 Å². The second-order valence-corrected chi connectivity index (χ2v) is 16.3. The molecule has 0 aliphatic heterocycles. The van der Waals surface area contributed by atoms with Crippen LogP contribution < -0.4 is 5.73 Å². The van der Waals surface area contributed by atoms with Crippen LogP contribution in [0.3, 0.4) is 0 Å². The minimum atomic E-state index is -4.62. The number of carboxylic acid groups (broad SMARTS) is 1. The summed E-state index contributed by atoms with van der Waals surface area (Å²) in [7, 11) is -4.62. The van der Waals surface area contributed by atoms with Crippen LogP contribution in [0.4, 0.5) is 0 Å². The van der Waals surface area contributed by atoms with Crippen molar-refractivity contribution in [1.29, 1.82) is 0 Å². The summed E-state index contributed by atoms with van der Waals surface area (Å²) in [4.78, 5) is 33.5. The number of aliphatic carboxylic acids is 1. The Morgan fingerprint density at radius 1 is 0.582 bits per heavy atom. The first kappa shape index (κ1) is 53.2. The Bertz CT molecular complexity index is 1020. The second kappa shape index (κ2) is 40.4. The van der Waals surface area contributed by atoms with Gasteiger partial charge in [-0.3, -0.25) is 18.6 Å². The van der Waals surface area contributed by atoms with Gasteiger partial charge < -0.3 is 25.2 Å². The number of hydrogen-bond acceptors (Lipinski definition) is 8. The summed E-state index contributed by atoms with van der Waals surface area (Å²) in [6.07, 6.45) is 44.8. The molecule has 0 saturated heterocycles. The van der Waals surface area contributed by atoms with Gasteiger partial charge in [-0.25, -0.2) is 4.57 Å². The van der Waals surface area contributed by atoms with Gasteiger partial charge in [0, 0.05) is 13.0 Å². The molecule has 322 valence electrons. The van der Waals surface area contributed by atoms with Gasteiger partial charge in [-0.1, -0.05) is 153 Å². The first-order valence-corrected chi connectivity index (χ1v) is 23.5. The molecule has 4 N–H and O–H groups in total. The number of phosphoric ester groups is 1. The fraction of sp³-hybridized carbons (Fsp3) is 0.818. The van der Waals surface area contributed by atoms with Crippen molar-refractivity contribution in [3.63, 3.8) is 0 Å². The van der Waals surface area contributed by atoms with Gasteiger partial charge in [0.2, 0.25) is 0 Å². The third kappa shape index (κ3) is 40.2. The van der Waals surface area contributed by atoms with Gasteiger partial charge in [-0.2, -0.15) is 0 Å². The lowest BCUT2D eigenvalue weighted by atomic mass is 10.1. The lowest BCUT2D eigenvalue weighted by Crippen LogP contribution is -2.34. The van der Waals surface area contributed by atoms with Gasteiger partial charge in [-0.15, -0.1) is 0 Å². The molecule has 0 aliphatic rings. The van der Waals surface area contributed by atoms with Crippen LogP contribution in [0.2, 0.25) is 0 Å². The van der Waals surface area contributed by atoms with Gasteiger partial charge in [0.1, 0.15) is 12.1 Å². The first-order valence-electron chi connectivity index (χ1n) is 22.0. The Kier molecular flexibility index (Phi) is 39.1. The van der Waals surface area contributed by atoms with E-state index in [2.05, 4.69) is 50.3 Å². The monoisotopic (exact) mass is 800 g/mol. The average molecular weight is 800 g/mol. The zero-order valence-corrected chi connectivity index (χ0v) is 35.9. The summed E-state index contributed by atoms with van der Waals surface area (Å²) >= 11 is 0. The van der Waals surface area contributed by atoms with Crippen molar-refractivity contribution in [2.75, 3.05) is 26.4 Å². The van der Waals surface area contributed by atoms with Gasteiger partial charge in [-0.05, 0) is 70.6 Å². The molecule has 0 fully saturated rings. The highest BCUT2D eigenvalue weighted by atomic mass is 31.2. The maximum Gasteiger partial charge on any atom is 0.472 e. The van der Waals surface area contributed by atoms with Crippen molar-refractivity contribution in [1.82, 2.24) is 0 Å². The second-order valence-electron chi connectivity index (χ2n) is 14.8. The molecule has 0 rings (SSSR count). The third-order valence-corrected chi connectivity index (χ3v) is 10.3. The molecule has 0 radical (unpaired) electrons. The molecule has 0 amide bonds. The van der Waals surface area contributed by atoms with Crippen LogP contribution in [0.25, 0.3) is 0 Å².